The number of Topliss-reactive ketones (excluding diaryl/α,β-unsaturated/α-hetero) is 1. The number of hydrogen-bond donors (Lipinski definition) is 1. The van der Waals surface area contributed by atoms with E-state index in [1.54, 1.807) is 25.1 Å². The van der Waals surface area contributed by atoms with E-state index in [1.165, 1.54) is 5.56 Å². The number of carbonyl (C=O) groups excluding carboxylic acids is 1. The zero-order valence-electron chi connectivity index (χ0n) is 15.2. The molecule has 134 valence electrons. The lowest BCUT2D eigenvalue weighted by molar-refractivity contribution is 0.101. The smallest absolute Gasteiger partial charge is 0.161 e. The molecule has 1 aliphatic rings. The van der Waals surface area contributed by atoms with E-state index >= 15 is 0 Å². The Morgan fingerprint density at radius 2 is 2.08 bits per heavy atom. The van der Waals surface area contributed by atoms with Gasteiger partial charge in [-0.2, -0.15) is 5.26 Å². The quantitative estimate of drug-likeness (QED) is 0.775. The summed E-state index contributed by atoms with van der Waals surface area (Å²) in [4.78, 5) is 14.3. The Bertz CT molecular complexity index is 795. The molecule has 0 radical (unpaired) electrons. The third-order valence-corrected chi connectivity index (χ3v) is 5.04. The van der Waals surface area contributed by atoms with E-state index in [0.717, 1.165) is 44.7 Å². The number of nitrogens with one attached hydrogen (secondary N) is 1. The van der Waals surface area contributed by atoms with Gasteiger partial charge in [0.05, 0.1) is 11.6 Å². The lowest BCUT2D eigenvalue weighted by Gasteiger charge is -2.17. The van der Waals surface area contributed by atoms with Crippen molar-refractivity contribution < 1.29 is 4.79 Å². The normalized spacial score (nSPS) is 17.0. The predicted octanol–water partition coefficient (Wildman–Crippen LogP) is 3.74. The fourth-order valence-corrected chi connectivity index (χ4v) is 3.54. The standard InChI is InChI=1S/C22H25N3O/c1-17(26)21-8-7-19(14-23)13-22(21)24-15-20-10-12-25(16-20)11-9-18-5-3-2-4-6-18/h2-8,13,20,24H,9-12,15-16H2,1H3. The molecule has 1 N–H and O–H groups in total. The topological polar surface area (TPSA) is 56.1 Å². The zero-order chi connectivity index (χ0) is 18.4. The monoisotopic (exact) mass is 347 g/mol. The number of nitriles is 1. The number of rotatable bonds is 7. The van der Waals surface area contributed by atoms with Crippen LogP contribution in [0.3, 0.4) is 0 Å². The number of anilines is 1. The molecule has 0 aliphatic carbocycles. The van der Waals surface area contributed by atoms with Crippen molar-refractivity contribution in [3.05, 3.63) is 65.2 Å². The summed E-state index contributed by atoms with van der Waals surface area (Å²) in [6, 6.07) is 18.0. The van der Waals surface area contributed by atoms with E-state index in [2.05, 4.69) is 46.6 Å². The Hall–Kier alpha value is -2.64. The number of benzene rings is 2. The molecule has 1 heterocycles. The van der Waals surface area contributed by atoms with Gasteiger partial charge in [0.2, 0.25) is 0 Å². The maximum Gasteiger partial charge on any atom is 0.161 e. The second-order valence-electron chi connectivity index (χ2n) is 7.00. The van der Waals surface area contributed by atoms with Gasteiger partial charge < -0.3 is 10.2 Å². The first-order chi connectivity index (χ1) is 12.7. The van der Waals surface area contributed by atoms with Crippen LogP contribution in [0.5, 0.6) is 0 Å². The van der Waals surface area contributed by atoms with Gasteiger partial charge in [0.25, 0.3) is 0 Å². The Labute approximate surface area is 155 Å². The molecule has 26 heavy (non-hydrogen) atoms. The van der Waals surface area contributed by atoms with Crippen molar-refractivity contribution in [3.63, 3.8) is 0 Å². The fourth-order valence-electron chi connectivity index (χ4n) is 3.54. The Kier molecular flexibility index (Phi) is 6.04. The second kappa shape index (κ2) is 8.64. The van der Waals surface area contributed by atoms with E-state index in [0.29, 0.717) is 17.0 Å². The molecule has 4 nitrogen and oxygen atoms in total. The molecule has 0 spiro atoms. The van der Waals surface area contributed by atoms with Crippen molar-refractivity contribution in [2.75, 3.05) is 31.5 Å². The Morgan fingerprint density at radius 3 is 2.81 bits per heavy atom. The summed E-state index contributed by atoms with van der Waals surface area (Å²) in [6.45, 7) is 5.68. The maximum atomic E-state index is 11.8. The van der Waals surface area contributed by atoms with Crippen LogP contribution in [0.4, 0.5) is 5.69 Å². The van der Waals surface area contributed by atoms with Gasteiger partial charge in [-0.25, -0.2) is 0 Å². The van der Waals surface area contributed by atoms with Crippen LogP contribution in [-0.2, 0) is 6.42 Å². The molecular weight excluding hydrogens is 322 g/mol. The fraction of sp³-hybridized carbons (Fsp3) is 0.364. The highest BCUT2D eigenvalue weighted by Crippen LogP contribution is 2.22. The molecule has 2 aromatic rings. The lowest BCUT2D eigenvalue weighted by atomic mass is 10.0. The van der Waals surface area contributed by atoms with E-state index in [9.17, 15) is 4.79 Å². The molecule has 1 saturated heterocycles. The van der Waals surface area contributed by atoms with Crippen LogP contribution < -0.4 is 5.32 Å². The van der Waals surface area contributed by atoms with E-state index < -0.39 is 0 Å². The van der Waals surface area contributed by atoms with Crippen LogP contribution >= 0.6 is 0 Å². The highest BCUT2D eigenvalue weighted by molar-refractivity contribution is 5.99. The summed E-state index contributed by atoms with van der Waals surface area (Å²) in [5.74, 6) is 0.587. The number of hydrogen-bond acceptors (Lipinski definition) is 4. The number of carbonyl (C=O) groups is 1. The van der Waals surface area contributed by atoms with Crippen LogP contribution in [0.2, 0.25) is 0 Å². The van der Waals surface area contributed by atoms with Gasteiger partial charge in [0.1, 0.15) is 0 Å². The molecule has 1 aliphatic heterocycles. The summed E-state index contributed by atoms with van der Waals surface area (Å²) in [5.41, 5.74) is 3.39. The van der Waals surface area contributed by atoms with Crippen molar-refractivity contribution in [2.45, 2.75) is 19.8 Å². The van der Waals surface area contributed by atoms with Crippen LogP contribution in [0.15, 0.2) is 48.5 Å². The SMILES string of the molecule is CC(=O)c1ccc(C#N)cc1NCC1CCN(CCc2ccccc2)C1. The maximum absolute atomic E-state index is 11.8. The minimum atomic E-state index is 0.0212. The third-order valence-electron chi connectivity index (χ3n) is 5.04. The van der Waals surface area contributed by atoms with Crippen molar-refractivity contribution >= 4 is 11.5 Å². The van der Waals surface area contributed by atoms with Crippen molar-refractivity contribution in [3.8, 4) is 6.07 Å². The van der Waals surface area contributed by atoms with Crippen molar-refractivity contribution in [1.82, 2.24) is 4.90 Å². The van der Waals surface area contributed by atoms with Gasteiger partial charge in [-0.1, -0.05) is 30.3 Å². The largest absolute Gasteiger partial charge is 0.384 e. The third kappa shape index (κ3) is 4.71. The summed E-state index contributed by atoms with van der Waals surface area (Å²) >= 11 is 0. The van der Waals surface area contributed by atoms with Gasteiger partial charge in [0.15, 0.2) is 5.78 Å². The summed E-state index contributed by atoms with van der Waals surface area (Å²) in [6.07, 6.45) is 2.24. The van der Waals surface area contributed by atoms with Crippen molar-refractivity contribution in [1.29, 1.82) is 5.26 Å². The molecule has 1 unspecified atom stereocenters. The van der Waals surface area contributed by atoms with Crippen LogP contribution in [0, 0.1) is 17.2 Å². The molecule has 0 amide bonds. The molecule has 1 atom stereocenters. The molecule has 1 fully saturated rings. The van der Waals surface area contributed by atoms with E-state index in [-0.39, 0.29) is 5.78 Å². The lowest BCUT2D eigenvalue weighted by Crippen LogP contribution is -2.25. The molecule has 0 aromatic heterocycles. The second-order valence-corrected chi connectivity index (χ2v) is 7.00. The molecule has 3 rings (SSSR count). The van der Waals surface area contributed by atoms with Gasteiger partial charge in [-0.05, 0) is 56.0 Å². The highest BCUT2D eigenvalue weighted by Gasteiger charge is 2.22. The molecule has 0 saturated carbocycles. The number of likely N-dealkylation sites (tertiary alicyclic amines) is 1. The van der Waals surface area contributed by atoms with Crippen molar-refractivity contribution in [2.24, 2.45) is 5.92 Å². The first kappa shape index (κ1) is 18.2. The summed E-state index contributed by atoms with van der Waals surface area (Å²) in [7, 11) is 0. The van der Waals surface area contributed by atoms with Gasteiger partial charge in [-0.15, -0.1) is 0 Å². The van der Waals surface area contributed by atoms with Gasteiger partial charge >= 0.3 is 0 Å². The predicted molar refractivity (Wildman–Crippen MR) is 104 cm³/mol. The zero-order valence-corrected chi connectivity index (χ0v) is 15.2. The number of nitrogens with zero attached hydrogens (tertiary/aromatic N) is 2. The van der Waals surface area contributed by atoms with Gasteiger partial charge in [0, 0.05) is 30.9 Å². The van der Waals surface area contributed by atoms with E-state index in [1.807, 2.05) is 0 Å². The molecular formula is C22H25N3O. The van der Waals surface area contributed by atoms with Crippen LogP contribution in [-0.4, -0.2) is 36.9 Å². The average molecular weight is 347 g/mol. The van der Waals surface area contributed by atoms with Gasteiger partial charge in [-0.3, -0.25) is 4.79 Å². The average Bonchev–Trinajstić information content (AvgIpc) is 3.13. The minimum Gasteiger partial charge on any atom is -0.384 e. The highest BCUT2D eigenvalue weighted by atomic mass is 16.1. The Balaban J connectivity index is 1.52. The van der Waals surface area contributed by atoms with Crippen LogP contribution in [0.25, 0.3) is 0 Å². The number of ketones is 1. The molecule has 0 bridgehead atoms. The summed E-state index contributed by atoms with van der Waals surface area (Å²) in [5, 5.41) is 12.5. The molecule has 2 aromatic carbocycles. The van der Waals surface area contributed by atoms with Crippen LogP contribution in [0.1, 0.15) is 34.8 Å². The van der Waals surface area contributed by atoms with E-state index in [4.69, 9.17) is 5.26 Å². The minimum absolute atomic E-state index is 0.0212. The first-order valence-electron chi connectivity index (χ1n) is 9.21. The molecule has 4 heteroatoms. The summed E-state index contributed by atoms with van der Waals surface area (Å²) < 4.78 is 0. The first-order valence-corrected chi connectivity index (χ1v) is 9.21. The Morgan fingerprint density at radius 1 is 1.27 bits per heavy atom.